The molecule has 2 atom stereocenters. The van der Waals surface area contributed by atoms with Gasteiger partial charge in [-0.3, -0.25) is 9.68 Å². The van der Waals surface area contributed by atoms with Crippen LogP contribution in [-0.2, 0) is 27.8 Å². The number of nitrogens with zero attached hydrogens (tertiary/aromatic N) is 4. The molecular formula is C47H78N4O6P2. The van der Waals surface area contributed by atoms with Gasteiger partial charge in [0.15, 0.2) is 0 Å². The Balaban J connectivity index is 1.08. The summed E-state index contributed by atoms with van der Waals surface area (Å²) < 4.78 is 32.4. The van der Waals surface area contributed by atoms with E-state index in [-0.39, 0.29) is 39.8 Å². The summed E-state index contributed by atoms with van der Waals surface area (Å²) >= 11 is 0. The molecular weight excluding hydrogens is 778 g/mol. The summed E-state index contributed by atoms with van der Waals surface area (Å²) in [7, 11) is -2.44. The molecule has 4 aliphatic heterocycles. The summed E-state index contributed by atoms with van der Waals surface area (Å²) in [5, 5.41) is 4.56. The lowest BCUT2D eigenvalue weighted by Gasteiger charge is -2.57. The lowest BCUT2D eigenvalue weighted by Crippen LogP contribution is -2.64. The molecule has 4 aliphatic rings. The molecule has 0 radical (unpaired) electrons. The van der Waals surface area contributed by atoms with E-state index in [1.807, 2.05) is 0 Å². The Kier molecular flexibility index (Phi) is 15.9. The standard InChI is InChI=1S/C47H78N4O6P2/c1-13-15-27-48(41-29-43(5,6)50(44(7,8)30-41)56-37(3)39-23-19-17-20-24-39)58-52-33-47(34-53-58)35-54-59(55-36-47)49(28-16-14-2)42-31-45(9,10)51(46(11,12)32-42)57-38(4)40-25-21-18-22-26-40/h17-26,37-38,41-42H,13-16,27-36H2,1-12H3. The first-order valence-electron chi connectivity index (χ1n) is 22.6. The number of unbranched alkanes of at least 4 members (excludes halogenated alkanes) is 2. The van der Waals surface area contributed by atoms with Crippen molar-refractivity contribution >= 4 is 17.1 Å². The monoisotopic (exact) mass is 857 g/mol. The summed E-state index contributed by atoms with van der Waals surface area (Å²) in [5.74, 6) is 0. The first-order chi connectivity index (χ1) is 27.9. The minimum Gasteiger partial charge on any atom is -0.321 e. The van der Waals surface area contributed by atoms with Crippen molar-refractivity contribution in [3.8, 4) is 0 Å². The highest BCUT2D eigenvalue weighted by molar-refractivity contribution is 7.45. The molecule has 0 bridgehead atoms. The first-order valence-corrected chi connectivity index (χ1v) is 24.9. The zero-order valence-electron chi connectivity index (χ0n) is 38.6. The van der Waals surface area contributed by atoms with Crippen LogP contribution in [0.25, 0.3) is 0 Å². The van der Waals surface area contributed by atoms with E-state index in [2.05, 4.69) is 163 Å². The van der Waals surface area contributed by atoms with Crippen molar-refractivity contribution in [2.75, 3.05) is 39.5 Å². The van der Waals surface area contributed by atoms with Crippen LogP contribution in [0.4, 0.5) is 0 Å². The molecule has 1 spiro atoms. The van der Waals surface area contributed by atoms with Crippen LogP contribution in [0.15, 0.2) is 60.7 Å². The molecule has 0 N–H and O–H groups in total. The summed E-state index contributed by atoms with van der Waals surface area (Å²) in [6.07, 6.45) is 8.25. The van der Waals surface area contributed by atoms with Gasteiger partial charge in [-0.1, -0.05) is 87.4 Å². The molecule has 0 aromatic heterocycles. The maximum atomic E-state index is 6.81. The van der Waals surface area contributed by atoms with E-state index >= 15 is 0 Å². The van der Waals surface area contributed by atoms with Gasteiger partial charge in [0.2, 0.25) is 0 Å². The van der Waals surface area contributed by atoms with Crippen LogP contribution < -0.4 is 0 Å². The Morgan fingerprint density at radius 1 is 0.559 bits per heavy atom. The van der Waals surface area contributed by atoms with Crippen molar-refractivity contribution < 1.29 is 27.8 Å². The van der Waals surface area contributed by atoms with Crippen molar-refractivity contribution in [2.45, 2.75) is 181 Å². The average Bonchev–Trinajstić information content (AvgIpc) is 3.19. The van der Waals surface area contributed by atoms with Crippen molar-refractivity contribution in [2.24, 2.45) is 5.41 Å². The summed E-state index contributed by atoms with van der Waals surface area (Å²) in [6.45, 7) is 31.7. The Bertz CT molecular complexity index is 1430. The molecule has 2 aromatic rings. The summed E-state index contributed by atoms with van der Waals surface area (Å²) in [5.41, 5.74) is 1.32. The maximum absolute atomic E-state index is 6.81. The number of hydrogen-bond donors (Lipinski definition) is 0. The van der Waals surface area contributed by atoms with Crippen LogP contribution in [0.3, 0.4) is 0 Å². The van der Waals surface area contributed by atoms with Gasteiger partial charge in [0.1, 0.15) is 12.2 Å². The molecule has 0 amide bonds. The molecule has 4 saturated heterocycles. The number of benzene rings is 2. The molecule has 332 valence electrons. The van der Waals surface area contributed by atoms with E-state index in [0.29, 0.717) is 38.5 Å². The SMILES string of the molecule is CCCCN(C1CC(C)(C)N(OC(C)c2ccccc2)C(C)(C)C1)P1OCC2(CO1)COP(N(CCCC)C1CC(C)(C)N(OC(C)c3ccccc3)C(C)(C)C1)OC2. The highest BCUT2D eigenvalue weighted by Crippen LogP contribution is 2.59. The Labute approximate surface area is 360 Å². The molecule has 2 unspecified atom stereocenters. The van der Waals surface area contributed by atoms with Gasteiger partial charge in [0, 0.05) is 47.3 Å². The van der Waals surface area contributed by atoms with E-state index in [4.69, 9.17) is 27.8 Å². The molecule has 6 rings (SSSR count). The Morgan fingerprint density at radius 3 is 1.15 bits per heavy atom. The molecule has 2 aromatic carbocycles. The average molecular weight is 857 g/mol. The molecule has 4 fully saturated rings. The van der Waals surface area contributed by atoms with Crippen LogP contribution in [0.1, 0.15) is 158 Å². The molecule has 59 heavy (non-hydrogen) atoms. The maximum Gasteiger partial charge on any atom is 0.259 e. The topological polar surface area (TPSA) is 68.3 Å². The van der Waals surface area contributed by atoms with Gasteiger partial charge >= 0.3 is 0 Å². The van der Waals surface area contributed by atoms with E-state index < -0.39 is 17.1 Å². The fraction of sp³-hybridized carbons (Fsp3) is 0.745. The van der Waals surface area contributed by atoms with Crippen LogP contribution in [-0.4, -0.2) is 93.2 Å². The predicted octanol–water partition coefficient (Wildman–Crippen LogP) is 12.2. The van der Waals surface area contributed by atoms with Crippen molar-refractivity contribution in [3.63, 3.8) is 0 Å². The zero-order chi connectivity index (χ0) is 42.6. The first kappa shape index (κ1) is 47.4. The van der Waals surface area contributed by atoms with Crippen LogP contribution in [0, 0.1) is 5.41 Å². The summed E-state index contributed by atoms with van der Waals surface area (Å²) in [6, 6.07) is 21.7. The molecule has 4 heterocycles. The van der Waals surface area contributed by atoms with Gasteiger partial charge in [-0.05, 0) is 119 Å². The van der Waals surface area contributed by atoms with E-state index in [1.54, 1.807) is 0 Å². The van der Waals surface area contributed by atoms with Crippen LogP contribution >= 0.6 is 17.1 Å². The van der Waals surface area contributed by atoms with Crippen LogP contribution in [0.2, 0.25) is 0 Å². The van der Waals surface area contributed by atoms with E-state index in [1.165, 1.54) is 11.1 Å². The summed E-state index contributed by atoms with van der Waals surface area (Å²) in [4.78, 5) is 13.6. The van der Waals surface area contributed by atoms with Gasteiger partial charge in [0.05, 0.1) is 31.8 Å². The second kappa shape index (κ2) is 19.7. The van der Waals surface area contributed by atoms with Gasteiger partial charge in [0.25, 0.3) is 17.1 Å². The lowest BCUT2D eigenvalue weighted by molar-refractivity contribution is -0.309. The Hall–Kier alpha value is -1.10. The molecule has 10 nitrogen and oxygen atoms in total. The fourth-order valence-corrected chi connectivity index (χ4v) is 13.9. The van der Waals surface area contributed by atoms with Crippen LogP contribution in [0.5, 0.6) is 0 Å². The molecule has 12 heteroatoms. The lowest BCUT2D eigenvalue weighted by atomic mass is 9.79. The van der Waals surface area contributed by atoms with E-state index in [0.717, 1.165) is 64.5 Å². The Morgan fingerprint density at radius 2 is 0.864 bits per heavy atom. The molecule has 0 aliphatic carbocycles. The fourth-order valence-electron chi connectivity index (χ4n) is 10.1. The third-order valence-corrected chi connectivity index (χ3v) is 16.2. The smallest absolute Gasteiger partial charge is 0.259 e. The van der Waals surface area contributed by atoms with Crippen molar-refractivity contribution in [1.29, 1.82) is 0 Å². The van der Waals surface area contributed by atoms with Gasteiger partial charge in [-0.25, -0.2) is 9.34 Å². The highest BCUT2D eigenvalue weighted by Gasteiger charge is 2.54. The van der Waals surface area contributed by atoms with Gasteiger partial charge in [-0.15, -0.1) is 0 Å². The third-order valence-electron chi connectivity index (χ3n) is 12.9. The second-order valence-electron chi connectivity index (χ2n) is 20.4. The number of piperidine rings is 2. The van der Waals surface area contributed by atoms with Gasteiger partial charge in [-0.2, -0.15) is 10.1 Å². The predicted molar refractivity (Wildman–Crippen MR) is 241 cm³/mol. The van der Waals surface area contributed by atoms with E-state index in [9.17, 15) is 0 Å². The number of rotatable bonds is 16. The normalized spacial score (nSPS) is 28.9. The number of hydrogen-bond acceptors (Lipinski definition) is 10. The quantitative estimate of drug-likeness (QED) is 0.152. The molecule has 0 saturated carbocycles. The highest BCUT2D eigenvalue weighted by atomic mass is 31.2. The third kappa shape index (κ3) is 11.4. The van der Waals surface area contributed by atoms with Crippen molar-refractivity contribution in [3.05, 3.63) is 71.8 Å². The van der Waals surface area contributed by atoms with Gasteiger partial charge < -0.3 is 18.1 Å². The number of hydroxylamine groups is 4. The van der Waals surface area contributed by atoms with Crippen molar-refractivity contribution in [1.82, 2.24) is 19.5 Å². The largest absolute Gasteiger partial charge is 0.321 e. The zero-order valence-corrected chi connectivity index (χ0v) is 40.4. The minimum atomic E-state index is -1.22. The second-order valence-corrected chi connectivity index (χ2v) is 23.4. The minimum absolute atomic E-state index is 0.0341.